The van der Waals surface area contributed by atoms with Crippen molar-refractivity contribution in [2.45, 2.75) is 13.1 Å². The molecule has 2 aliphatic rings. The molecule has 0 spiro atoms. The molecule has 0 unspecified atom stereocenters. The van der Waals surface area contributed by atoms with Crippen LogP contribution in [0.2, 0.25) is 5.02 Å². The van der Waals surface area contributed by atoms with Gasteiger partial charge in [0.1, 0.15) is 21.3 Å². The smallest absolute Gasteiger partial charge is 0.279 e. The highest BCUT2D eigenvalue weighted by atomic mass is 35.5. The van der Waals surface area contributed by atoms with Gasteiger partial charge in [0.2, 0.25) is 0 Å². The van der Waals surface area contributed by atoms with Crippen molar-refractivity contribution in [3.05, 3.63) is 152 Å². The zero-order valence-corrected chi connectivity index (χ0v) is 43.3. The van der Waals surface area contributed by atoms with E-state index in [2.05, 4.69) is 81.6 Å². The molecule has 2 saturated heterocycles. The van der Waals surface area contributed by atoms with Crippen LogP contribution in [0.3, 0.4) is 0 Å². The number of piperazine rings is 2. The summed E-state index contributed by atoms with van der Waals surface area (Å²) < 4.78 is 0. The quantitative estimate of drug-likeness (QED) is 0.0590. The number of hydrazine groups is 2. The molecule has 6 heterocycles. The summed E-state index contributed by atoms with van der Waals surface area (Å²) in [6.07, 6.45) is 0. The standard InChI is InChI=1S/C26H28ClN7O2S.C26H29N7O2S/c1-32-10-12-34(13-11-32)16-17-4-3-5-18(14-17)24(35)28-23-21-15-22(37-26(21)30-29-23)25(36)31-33(2)20-8-6-19(27)7-9-20;1-31-11-13-33(14-12-31)17-18-7-6-8-19(15-18)24(34)27-23-21-16-22(36-26(21)29-28-23)25(35)30-32(2)20-9-4-3-5-10-20/h3-9,14-15H,10-13,16H2,1-2H3,(H,31,36)(H2,28,29,30,35);3-10,15-16H,11-14,17H2,1-2H3,(H,30,35)(H2,27,28,29,34). The van der Waals surface area contributed by atoms with Gasteiger partial charge in [-0.25, -0.2) is 0 Å². The van der Waals surface area contributed by atoms with Gasteiger partial charge in [-0.3, -0.25) is 60.0 Å². The number of para-hydroxylation sites is 1. The minimum Gasteiger partial charge on any atom is -0.306 e. The fourth-order valence-electron chi connectivity index (χ4n) is 8.42. The molecule has 0 radical (unpaired) electrons. The highest BCUT2D eigenvalue weighted by molar-refractivity contribution is 7.20. The van der Waals surface area contributed by atoms with E-state index in [0.717, 1.165) is 87.9 Å². The second-order valence-electron chi connectivity index (χ2n) is 18.1. The van der Waals surface area contributed by atoms with E-state index in [1.807, 2.05) is 78.9 Å². The number of likely N-dealkylation sites (N-methyl/N-ethyl adjacent to an activating group) is 2. The van der Waals surface area contributed by atoms with Crippen LogP contribution < -0.4 is 31.5 Å². The first-order valence-corrected chi connectivity index (χ1v) is 25.8. The minimum absolute atomic E-state index is 0.221. The van der Waals surface area contributed by atoms with Crippen LogP contribution in [0, 0.1) is 0 Å². The number of halogens is 1. The average molecular weight is 1040 g/mol. The number of rotatable bonds is 14. The predicted molar refractivity (Wildman–Crippen MR) is 292 cm³/mol. The lowest BCUT2D eigenvalue weighted by atomic mass is 10.1. The van der Waals surface area contributed by atoms with Gasteiger partial charge in [-0.1, -0.05) is 54.1 Å². The van der Waals surface area contributed by atoms with Gasteiger partial charge in [0, 0.05) is 95.7 Å². The van der Waals surface area contributed by atoms with Crippen molar-refractivity contribution in [1.82, 2.24) is 50.8 Å². The van der Waals surface area contributed by atoms with Crippen molar-refractivity contribution in [3.63, 3.8) is 0 Å². The highest BCUT2D eigenvalue weighted by Crippen LogP contribution is 2.31. The summed E-state index contributed by atoms with van der Waals surface area (Å²) in [6, 6.07) is 35.6. The number of nitrogens with one attached hydrogen (secondary N) is 6. The third kappa shape index (κ3) is 12.9. The van der Waals surface area contributed by atoms with Crippen LogP contribution in [0.5, 0.6) is 0 Å². The number of carbonyl (C=O) groups is 4. The zero-order chi connectivity index (χ0) is 51.0. The number of hydrogen-bond acceptors (Lipinski definition) is 14. The molecule has 378 valence electrons. The van der Waals surface area contributed by atoms with Gasteiger partial charge in [-0.05, 0) is 98.0 Å². The second kappa shape index (κ2) is 23.1. The van der Waals surface area contributed by atoms with Crippen molar-refractivity contribution in [2.75, 3.05) is 101 Å². The summed E-state index contributed by atoms with van der Waals surface area (Å²) in [5, 5.41) is 25.5. The van der Waals surface area contributed by atoms with Gasteiger partial charge < -0.3 is 20.4 Å². The number of H-pyrrole nitrogens is 2. The Morgan fingerprint density at radius 3 is 1.41 bits per heavy atom. The largest absolute Gasteiger partial charge is 0.306 e. The summed E-state index contributed by atoms with van der Waals surface area (Å²) in [4.78, 5) is 63.4. The third-order valence-electron chi connectivity index (χ3n) is 12.7. The van der Waals surface area contributed by atoms with Crippen molar-refractivity contribution in [1.29, 1.82) is 0 Å². The van der Waals surface area contributed by atoms with E-state index in [0.29, 0.717) is 58.0 Å². The van der Waals surface area contributed by atoms with Crippen LogP contribution in [0.1, 0.15) is 51.2 Å². The van der Waals surface area contributed by atoms with Crippen LogP contribution >= 0.6 is 34.3 Å². The molecule has 4 aromatic heterocycles. The average Bonchev–Trinajstić information content (AvgIpc) is 4.20. The van der Waals surface area contributed by atoms with Crippen molar-refractivity contribution < 1.29 is 19.2 Å². The second-order valence-corrected chi connectivity index (χ2v) is 20.6. The van der Waals surface area contributed by atoms with E-state index in [9.17, 15) is 19.2 Å². The van der Waals surface area contributed by atoms with Crippen LogP contribution in [0.25, 0.3) is 20.4 Å². The molecule has 6 N–H and O–H groups in total. The number of fused-ring (bicyclic) bond motifs is 2. The van der Waals surface area contributed by atoms with Gasteiger partial charge in [-0.15, -0.1) is 22.7 Å². The van der Waals surface area contributed by atoms with E-state index < -0.39 is 0 Å². The molecule has 0 saturated carbocycles. The van der Waals surface area contributed by atoms with Crippen molar-refractivity contribution >= 4 is 101 Å². The lowest BCUT2D eigenvalue weighted by Crippen LogP contribution is -2.43. The number of amides is 4. The first-order valence-electron chi connectivity index (χ1n) is 23.8. The maximum atomic E-state index is 13.0. The summed E-state index contributed by atoms with van der Waals surface area (Å²) in [7, 11) is 7.82. The monoisotopic (exact) mass is 1040 g/mol. The van der Waals surface area contributed by atoms with E-state index in [1.165, 1.54) is 22.7 Å². The zero-order valence-electron chi connectivity index (χ0n) is 40.9. The Hall–Kier alpha value is -7.17. The Bertz CT molecular complexity index is 3200. The Balaban J connectivity index is 0.000000180. The van der Waals surface area contributed by atoms with Crippen LogP contribution in [0.4, 0.5) is 23.0 Å². The van der Waals surface area contributed by atoms with E-state index >= 15 is 0 Å². The molecule has 21 heteroatoms. The molecule has 10 rings (SSSR count). The van der Waals surface area contributed by atoms with Gasteiger partial charge in [0.15, 0.2) is 0 Å². The Morgan fingerprint density at radius 2 is 0.973 bits per heavy atom. The molecule has 2 aliphatic heterocycles. The summed E-state index contributed by atoms with van der Waals surface area (Å²) in [5.74, 6) is -0.0168. The van der Waals surface area contributed by atoms with Crippen LogP contribution in [-0.2, 0) is 13.1 Å². The maximum absolute atomic E-state index is 13.0. The van der Waals surface area contributed by atoms with E-state index in [-0.39, 0.29) is 23.6 Å². The summed E-state index contributed by atoms with van der Waals surface area (Å²) in [6.45, 7) is 9.93. The number of aromatic amines is 2. The molecular formula is C52H57ClN14O4S2. The lowest BCUT2D eigenvalue weighted by Gasteiger charge is -2.32. The highest BCUT2D eigenvalue weighted by Gasteiger charge is 2.22. The number of aromatic nitrogens is 4. The number of hydrogen-bond donors (Lipinski definition) is 6. The van der Waals surface area contributed by atoms with E-state index in [4.69, 9.17) is 11.6 Å². The molecule has 18 nitrogen and oxygen atoms in total. The SMILES string of the molecule is CN1CCN(Cc2cccc(C(=O)Nc3[nH]nc4sc(C(=O)NN(C)c5ccc(Cl)cc5)cc34)c2)CC1.CN1CCN(Cc2cccc(C(=O)Nc3[nH]nc4sc(C(=O)NN(C)c5ccccc5)cc34)c2)CC1. The number of benzene rings is 4. The van der Waals surface area contributed by atoms with Gasteiger partial charge in [-0.2, -0.15) is 10.2 Å². The molecule has 8 aromatic rings. The third-order valence-corrected chi connectivity index (χ3v) is 15.0. The van der Waals surface area contributed by atoms with Gasteiger partial charge in [0.25, 0.3) is 23.6 Å². The molecule has 4 amide bonds. The summed E-state index contributed by atoms with van der Waals surface area (Å²) in [5.41, 5.74) is 10.7. The molecule has 0 bridgehead atoms. The molecule has 0 aliphatic carbocycles. The predicted octanol–water partition coefficient (Wildman–Crippen LogP) is 7.46. The first kappa shape index (κ1) is 50.8. The summed E-state index contributed by atoms with van der Waals surface area (Å²) >= 11 is 8.46. The molecule has 4 aromatic carbocycles. The minimum atomic E-state index is -0.269. The van der Waals surface area contributed by atoms with Crippen molar-refractivity contribution in [3.8, 4) is 0 Å². The Morgan fingerprint density at radius 1 is 0.548 bits per heavy atom. The molecule has 0 atom stereocenters. The lowest BCUT2D eigenvalue weighted by molar-refractivity contribution is 0.0947. The topological polar surface area (TPSA) is 193 Å². The number of thiophene rings is 2. The Labute approximate surface area is 435 Å². The van der Waals surface area contributed by atoms with Gasteiger partial charge >= 0.3 is 0 Å². The first-order chi connectivity index (χ1) is 35.3. The van der Waals surface area contributed by atoms with Gasteiger partial charge in [0.05, 0.1) is 31.9 Å². The van der Waals surface area contributed by atoms with Crippen LogP contribution in [-0.4, -0.2) is 144 Å². The maximum Gasteiger partial charge on any atom is 0.279 e. The van der Waals surface area contributed by atoms with Crippen molar-refractivity contribution in [2.24, 2.45) is 0 Å². The van der Waals surface area contributed by atoms with E-state index in [1.54, 1.807) is 54.4 Å². The molecule has 2 fully saturated rings. The molecular weight excluding hydrogens is 984 g/mol. The number of anilines is 4. The van der Waals surface area contributed by atoms with Crippen LogP contribution in [0.15, 0.2) is 115 Å². The fraction of sp³-hybridized carbons (Fsp3) is 0.269. The molecule has 73 heavy (non-hydrogen) atoms. The Kier molecular flexibility index (Phi) is 16.1. The number of carbonyl (C=O) groups excluding carboxylic acids is 4. The number of nitrogens with zero attached hydrogens (tertiary/aromatic N) is 8. The normalized spacial score (nSPS) is 14.6. The fourth-order valence-corrected chi connectivity index (χ4v) is 10.3.